The van der Waals surface area contributed by atoms with Crippen LogP contribution in [-0.4, -0.2) is 24.1 Å². The van der Waals surface area contributed by atoms with E-state index < -0.39 is 9.84 Å². The number of benzene rings is 3. The van der Waals surface area contributed by atoms with Crippen LogP contribution in [0.25, 0.3) is 16.5 Å². The summed E-state index contributed by atoms with van der Waals surface area (Å²) in [5.74, 6) is -0.249. The van der Waals surface area contributed by atoms with Crippen LogP contribution in [-0.2, 0) is 21.3 Å². The van der Waals surface area contributed by atoms with Crippen molar-refractivity contribution >= 4 is 43.9 Å². The van der Waals surface area contributed by atoms with E-state index in [-0.39, 0.29) is 17.4 Å². The number of sulfone groups is 1. The second-order valence-electron chi connectivity index (χ2n) is 7.18. The minimum atomic E-state index is -3.27. The summed E-state index contributed by atoms with van der Waals surface area (Å²) < 4.78 is 25.9. The zero-order valence-electron chi connectivity index (χ0n) is 15.7. The van der Waals surface area contributed by atoms with Crippen LogP contribution in [0, 0.1) is 0 Å². The molecule has 0 fully saturated rings. The van der Waals surface area contributed by atoms with Crippen LogP contribution < -0.4 is 5.32 Å². The molecule has 0 atom stereocenters. The lowest BCUT2D eigenvalue weighted by Gasteiger charge is -2.12. The molecule has 1 aliphatic rings. The molecule has 150 valence electrons. The lowest BCUT2D eigenvalue weighted by atomic mass is 10.0. The van der Waals surface area contributed by atoms with Crippen LogP contribution >= 0.6 is 11.6 Å². The average molecular weight is 438 g/mol. The minimum Gasteiger partial charge on any atom is -0.306 e. The maximum Gasteiger partial charge on any atom is 0.257 e. The van der Waals surface area contributed by atoms with Crippen molar-refractivity contribution in [3.05, 3.63) is 88.6 Å². The number of rotatable bonds is 3. The fourth-order valence-corrected chi connectivity index (χ4v) is 5.36. The van der Waals surface area contributed by atoms with Gasteiger partial charge < -0.3 is 5.32 Å². The first-order valence-corrected chi connectivity index (χ1v) is 11.5. The van der Waals surface area contributed by atoms with E-state index in [1.54, 1.807) is 35.0 Å². The van der Waals surface area contributed by atoms with Crippen LogP contribution in [0.1, 0.15) is 21.6 Å². The molecule has 8 heteroatoms. The molecule has 0 saturated carbocycles. The Balaban J connectivity index is 1.61. The van der Waals surface area contributed by atoms with Gasteiger partial charge >= 0.3 is 0 Å². The van der Waals surface area contributed by atoms with E-state index in [9.17, 15) is 13.2 Å². The fourth-order valence-electron chi connectivity index (χ4n) is 3.74. The summed E-state index contributed by atoms with van der Waals surface area (Å²) in [4.78, 5) is 13.2. The fraction of sp³-hybridized carbons (Fsp3) is 0.0909. The molecular formula is C22H16ClN3O3S. The Morgan fingerprint density at radius 3 is 2.50 bits per heavy atom. The molecule has 3 aromatic carbocycles. The summed E-state index contributed by atoms with van der Waals surface area (Å²) in [5, 5.41) is 9.73. The number of hydrogen-bond donors (Lipinski definition) is 1. The van der Waals surface area contributed by atoms with Gasteiger partial charge in [0.25, 0.3) is 5.91 Å². The number of halogens is 1. The van der Waals surface area contributed by atoms with E-state index in [0.717, 1.165) is 10.8 Å². The van der Waals surface area contributed by atoms with Gasteiger partial charge in [-0.15, -0.1) is 0 Å². The van der Waals surface area contributed by atoms with Crippen molar-refractivity contribution in [3.63, 3.8) is 0 Å². The van der Waals surface area contributed by atoms with Crippen molar-refractivity contribution < 1.29 is 13.2 Å². The zero-order valence-corrected chi connectivity index (χ0v) is 17.2. The van der Waals surface area contributed by atoms with Gasteiger partial charge in [0.2, 0.25) is 0 Å². The van der Waals surface area contributed by atoms with Crippen LogP contribution in [0.15, 0.2) is 66.7 Å². The molecule has 1 amide bonds. The first-order chi connectivity index (χ1) is 14.4. The van der Waals surface area contributed by atoms with E-state index in [4.69, 9.17) is 11.6 Å². The second kappa shape index (κ2) is 6.97. The monoisotopic (exact) mass is 437 g/mol. The molecule has 5 rings (SSSR count). The highest BCUT2D eigenvalue weighted by Crippen LogP contribution is 2.33. The van der Waals surface area contributed by atoms with Crippen molar-refractivity contribution in [3.8, 4) is 5.69 Å². The number of nitrogens with zero attached hydrogens (tertiary/aromatic N) is 2. The third-order valence-corrected chi connectivity index (χ3v) is 6.82. The summed E-state index contributed by atoms with van der Waals surface area (Å²) >= 11 is 5.99. The number of carbonyl (C=O) groups excluding carboxylic acids is 1. The lowest BCUT2D eigenvalue weighted by Crippen LogP contribution is -2.17. The molecule has 0 unspecified atom stereocenters. The van der Waals surface area contributed by atoms with Gasteiger partial charge in [-0.1, -0.05) is 48.0 Å². The Hall–Kier alpha value is -3.16. The molecule has 1 aliphatic heterocycles. The Morgan fingerprint density at radius 1 is 0.967 bits per heavy atom. The Bertz CT molecular complexity index is 1400. The topological polar surface area (TPSA) is 81.1 Å². The minimum absolute atomic E-state index is 0.139. The van der Waals surface area contributed by atoms with Crippen molar-refractivity contribution in [1.82, 2.24) is 9.78 Å². The molecule has 1 aromatic heterocycles. The number of aromatic nitrogens is 2. The number of amides is 1. The first kappa shape index (κ1) is 18.8. The molecule has 2 heterocycles. The lowest BCUT2D eigenvalue weighted by molar-refractivity contribution is 0.102. The van der Waals surface area contributed by atoms with E-state index in [2.05, 4.69) is 10.4 Å². The number of carbonyl (C=O) groups is 1. The molecule has 0 saturated heterocycles. The highest BCUT2D eigenvalue weighted by molar-refractivity contribution is 7.90. The highest BCUT2D eigenvalue weighted by atomic mass is 35.5. The van der Waals surface area contributed by atoms with Gasteiger partial charge in [0.1, 0.15) is 5.82 Å². The molecular weight excluding hydrogens is 422 g/mol. The average Bonchev–Trinajstić information content (AvgIpc) is 3.20. The summed E-state index contributed by atoms with van der Waals surface area (Å²) in [6.07, 6.45) is 0. The predicted octanol–water partition coefficient (Wildman–Crippen LogP) is 4.36. The van der Waals surface area contributed by atoms with Crippen LogP contribution in [0.3, 0.4) is 0 Å². The number of anilines is 1. The predicted molar refractivity (Wildman–Crippen MR) is 117 cm³/mol. The number of nitrogens with one attached hydrogen (secondary N) is 1. The van der Waals surface area contributed by atoms with Gasteiger partial charge in [-0.3, -0.25) is 4.79 Å². The SMILES string of the molecule is O=C(Nc1c2c(nn1-c1ccc(Cl)cc1)CS(=O)(=O)C2)c1cccc2ccccc12. The number of fused-ring (bicyclic) bond motifs is 2. The van der Waals surface area contributed by atoms with E-state index in [1.807, 2.05) is 36.4 Å². The van der Waals surface area contributed by atoms with E-state index in [0.29, 0.717) is 33.3 Å². The summed E-state index contributed by atoms with van der Waals surface area (Å²) in [5.41, 5.74) is 2.17. The molecule has 6 nitrogen and oxygen atoms in total. The smallest absolute Gasteiger partial charge is 0.257 e. The zero-order chi connectivity index (χ0) is 20.9. The van der Waals surface area contributed by atoms with Crippen molar-refractivity contribution in [2.24, 2.45) is 0 Å². The van der Waals surface area contributed by atoms with Gasteiger partial charge in [0.05, 0.1) is 22.9 Å². The van der Waals surface area contributed by atoms with Gasteiger partial charge in [0, 0.05) is 16.1 Å². The van der Waals surface area contributed by atoms with Crippen molar-refractivity contribution in [1.29, 1.82) is 0 Å². The van der Waals surface area contributed by atoms with Gasteiger partial charge in [-0.2, -0.15) is 5.10 Å². The summed E-state index contributed by atoms with van der Waals surface area (Å²) in [6.45, 7) is 0. The van der Waals surface area contributed by atoms with Gasteiger partial charge in [0.15, 0.2) is 9.84 Å². The normalized spacial score (nSPS) is 14.6. The van der Waals surface area contributed by atoms with E-state index >= 15 is 0 Å². The largest absolute Gasteiger partial charge is 0.306 e. The van der Waals surface area contributed by atoms with Crippen LogP contribution in [0.4, 0.5) is 5.82 Å². The van der Waals surface area contributed by atoms with Crippen molar-refractivity contribution in [2.45, 2.75) is 11.5 Å². The maximum atomic E-state index is 13.2. The Morgan fingerprint density at radius 2 is 1.70 bits per heavy atom. The van der Waals surface area contributed by atoms with E-state index in [1.165, 1.54) is 0 Å². The van der Waals surface area contributed by atoms with Crippen molar-refractivity contribution in [2.75, 3.05) is 5.32 Å². The molecule has 0 radical (unpaired) electrons. The molecule has 0 spiro atoms. The molecule has 4 aromatic rings. The second-order valence-corrected chi connectivity index (χ2v) is 9.68. The van der Waals surface area contributed by atoms with Gasteiger partial charge in [-0.05, 0) is 41.1 Å². The highest BCUT2D eigenvalue weighted by Gasteiger charge is 2.33. The summed E-state index contributed by atoms with van der Waals surface area (Å²) in [7, 11) is -3.27. The molecule has 0 bridgehead atoms. The third kappa shape index (κ3) is 3.26. The first-order valence-electron chi connectivity index (χ1n) is 9.27. The number of hydrogen-bond acceptors (Lipinski definition) is 4. The van der Waals surface area contributed by atoms with Crippen LogP contribution in [0.2, 0.25) is 5.02 Å². The van der Waals surface area contributed by atoms with Crippen LogP contribution in [0.5, 0.6) is 0 Å². The molecule has 30 heavy (non-hydrogen) atoms. The molecule has 0 aliphatic carbocycles. The third-order valence-electron chi connectivity index (χ3n) is 5.12. The standard InChI is InChI=1S/C22H16ClN3O3S/c23-15-8-10-16(11-9-15)26-21(19-12-30(28,29)13-20(19)25-26)24-22(27)18-7-3-5-14-4-1-2-6-17(14)18/h1-11H,12-13H2,(H,24,27). The summed E-state index contributed by atoms with van der Waals surface area (Å²) in [6, 6.07) is 20.1. The Labute approximate surface area is 178 Å². The molecule has 1 N–H and O–H groups in total. The van der Waals surface area contributed by atoms with Gasteiger partial charge in [-0.25, -0.2) is 13.1 Å². The Kier molecular flexibility index (Phi) is 4.38. The maximum absolute atomic E-state index is 13.2. The quantitative estimate of drug-likeness (QED) is 0.516.